The lowest BCUT2D eigenvalue weighted by atomic mass is 10.2. The number of aromatic nitrogens is 2. The molecule has 0 aliphatic carbocycles. The van der Waals surface area contributed by atoms with Crippen molar-refractivity contribution in [2.45, 2.75) is 13.8 Å². The second-order valence-electron chi connectivity index (χ2n) is 6.08. The number of nitrogens with one attached hydrogen (secondary N) is 2. The van der Waals surface area contributed by atoms with Gasteiger partial charge in [-0.25, -0.2) is 9.48 Å². The molecule has 0 unspecified atom stereocenters. The zero-order valence-corrected chi connectivity index (χ0v) is 16.0. The van der Waals surface area contributed by atoms with Crippen molar-refractivity contribution in [3.63, 3.8) is 0 Å². The van der Waals surface area contributed by atoms with E-state index in [1.54, 1.807) is 12.1 Å². The first kappa shape index (κ1) is 18.8. The number of carbonyl (C=O) groups is 1. The van der Waals surface area contributed by atoms with E-state index in [9.17, 15) is 4.79 Å². The maximum absolute atomic E-state index is 12.1. The largest absolute Gasteiger partial charge is 0.492 e. The van der Waals surface area contributed by atoms with Gasteiger partial charge in [0.2, 0.25) is 0 Å². The number of carbonyl (C=O) groups excluding carboxylic acids is 1. The SMILES string of the molecule is Cc1cc(C)n(-c2cccc(NC(=O)NCCOc3cccc(Cl)c3)c2)n1. The molecule has 1 aromatic heterocycles. The fourth-order valence-corrected chi connectivity index (χ4v) is 2.85. The normalized spacial score (nSPS) is 10.5. The molecule has 2 N–H and O–H groups in total. The Morgan fingerprint density at radius 3 is 2.70 bits per heavy atom. The summed E-state index contributed by atoms with van der Waals surface area (Å²) in [5.41, 5.74) is 3.56. The van der Waals surface area contributed by atoms with Crippen molar-refractivity contribution in [1.29, 1.82) is 0 Å². The molecule has 0 aliphatic heterocycles. The van der Waals surface area contributed by atoms with Gasteiger partial charge in [-0.05, 0) is 56.3 Å². The smallest absolute Gasteiger partial charge is 0.319 e. The van der Waals surface area contributed by atoms with Gasteiger partial charge in [-0.15, -0.1) is 0 Å². The highest BCUT2D eigenvalue weighted by molar-refractivity contribution is 6.30. The zero-order valence-electron chi connectivity index (χ0n) is 15.2. The van der Waals surface area contributed by atoms with Crippen LogP contribution in [0.25, 0.3) is 5.69 Å². The lowest BCUT2D eigenvalue weighted by Crippen LogP contribution is -2.32. The number of urea groups is 1. The van der Waals surface area contributed by atoms with Crippen LogP contribution in [0.1, 0.15) is 11.4 Å². The highest BCUT2D eigenvalue weighted by atomic mass is 35.5. The molecule has 0 bridgehead atoms. The molecule has 0 fully saturated rings. The van der Waals surface area contributed by atoms with Gasteiger partial charge in [0.05, 0.1) is 17.9 Å². The molecule has 2 amide bonds. The van der Waals surface area contributed by atoms with E-state index in [4.69, 9.17) is 16.3 Å². The number of benzene rings is 2. The standard InChI is InChI=1S/C20H21ClN4O2/c1-14-11-15(2)25(24-14)18-7-4-6-17(13-18)23-20(26)22-9-10-27-19-8-3-5-16(21)12-19/h3-8,11-13H,9-10H2,1-2H3,(H2,22,23,26). The summed E-state index contributed by atoms with van der Waals surface area (Å²) in [6.45, 7) is 4.66. The minimum absolute atomic E-state index is 0.296. The third kappa shape index (κ3) is 5.24. The number of hydrogen-bond acceptors (Lipinski definition) is 3. The average Bonchev–Trinajstić information content (AvgIpc) is 2.97. The zero-order chi connectivity index (χ0) is 19.2. The molecular weight excluding hydrogens is 364 g/mol. The molecule has 0 saturated carbocycles. The fraction of sp³-hybridized carbons (Fsp3) is 0.200. The Balaban J connectivity index is 1.51. The van der Waals surface area contributed by atoms with E-state index < -0.39 is 0 Å². The van der Waals surface area contributed by atoms with Crippen LogP contribution in [0.3, 0.4) is 0 Å². The predicted octanol–water partition coefficient (Wildman–Crippen LogP) is 4.34. The van der Waals surface area contributed by atoms with Gasteiger partial charge in [0.25, 0.3) is 0 Å². The van der Waals surface area contributed by atoms with Crippen LogP contribution in [-0.4, -0.2) is 29.0 Å². The minimum atomic E-state index is -0.296. The lowest BCUT2D eigenvalue weighted by molar-refractivity contribution is 0.247. The number of aryl methyl sites for hydroxylation is 2. The van der Waals surface area contributed by atoms with Gasteiger partial charge in [-0.3, -0.25) is 0 Å². The van der Waals surface area contributed by atoms with Crippen molar-refractivity contribution in [2.24, 2.45) is 0 Å². The van der Waals surface area contributed by atoms with E-state index in [-0.39, 0.29) is 6.03 Å². The van der Waals surface area contributed by atoms with Gasteiger partial charge >= 0.3 is 6.03 Å². The first-order valence-electron chi connectivity index (χ1n) is 8.58. The van der Waals surface area contributed by atoms with Gasteiger partial charge in [0.1, 0.15) is 12.4 Å². The van der Waals surface area contributed by atoms with Gasteiger partial charge < -0.3 is 15.4 Å². The number of anilines is 1. The van der Waals surface area contributed by atoms with E-state index in [1.165, 1.54) is 0 Å². The maximum Gasteiger partial charge on any atom is 0.319 e. The van der Waals surface area contributed by atoms with Gasteiger partial charge in [0, 0.05) is 16.4 Å². The van der Waals surface area contributed by atoms with Crippen molar-refractivity contribution in [3.8, 4) is 11.4 Å². The summed E-state index contributed by atoms with van der Waals surface area (Å²) in [5.74, 6) is 0.669. The third-order valence-corrected chi connectivity index (χ3v) is 4.05. The van der Waals surface area contributed by atoms with Crippen LogP contribution < -0.4 is 15.4 Å². The van der Waals surface area contributed by atoms with Crippen LogP contribution in [0.5, 0.6) is 5.75 Å². The molecule has 27 heavy (non-hydrogen) atoms. The molecule has 1 heterocycles. The molecule has 140 valence electrons. The highest BCUT2D eigenvalue weighted by Crippen LogP contribution is 2.17. The van der Waals surface area contributed by atoms with Crippen LogP contribution in [0.2, 0.25) is 5.02 Å². The monoisotopic (exact) mass is 384 g/mol. The summed E-state index contributed by atoms with van der Waals surface area (Å²) in [5, 5.41) is 10.6. The molecule has 6 nitrogen and oxygen atoms in total. The van der Waals surface area contributed by atoms with Crippen LogP contribution in [0.15, 0.2) is 54.6 Å². The lowest BCUT2D eigenvalue weighted by Gasteiger charge is -2.11. The Morgan fingerprint density at radius 1 is 1.15 bits per heavy atom. The Bertz CT molecular complexity index is 939. The molecule has 3 rings (SSSR count). The van der Waals surface area contributed by atoms with E-state index in [0.717, 1.165) is 17.1 Å². The molecule has 0 aliphatic rings. The van der Waals surface area contributed by atoms with Crippen molar-refractivity contribution >= 4 is 23.3 Å². The van der Waals surface area contributed by atoms with E-state index in [1.807, 2.05) is 61.0 Å². The van der Waals surface area contributed by atoms with Crippen molar-refractivity contribution < 1.29 is 9.53 Å². The average molecular weight is 385 g/mol. The summed E-state index contributed by atoms with van der Waals surface area (Å²) in [6, 6.07) is 16.4. The van der Waals surface area contributed by atoms with Gasteiger partial charge in [-0.1, -0.05) is 23.7 Å². The number of ether oxygens (including phenoxy) is 1. The number of halogens is 1. The highest BCUT2D eigenvalue weighted by Gasteiger charge is 2.06. The van der Waals surface area contributed by atoms with Crippen LogP contribution >= 0.6 is 11.6 Å². The van der Waals surface area contributed by atoms with Crippen molar-refractivity contribution in [1.82, 2.24) is 15.1 Å². The van der Waals surface area contributed by atoms with E-state index >= 15 is 0 Å². The van der Waals surface area contributed by atoms with Gasteiger partial charge in [0.15, 0.2) is 0 Å². The number of nitrogens with zero attached hydrogens (tertiary/aromatic N) is 2. The van der Waals surface area contributed by atoms with Crippen LogP contribution in [0, 0.1) is 13.8 Å². The summed E-state index contributed by atoms with van der Waals surface area (Å²) < 4.78 is 7.39. The number of hydrogen-bond donors (Lipinski definition) is 2. The number of rotatable bonds is 6. The van der Waals surface area contributed by atoms with Crippen LogP contribution in [0.4, 0.5) is 10.5 Å². The summed E-state index contributed by atoms with van der Waals surface area (Å²) in [4.78, 5) is 12.1. The van der Waals surface area contributed by atoms with Crippen molar-refractivity contribution in [2.75, 3.05) is 18.5 Å². The molecule has 2 aromatic carbocycles. The predicted molar refractivity (Wildman–Crippen MR) is 107 cm³/mol. The molecular formula is C20H21ClN4O2. The molecule has 7 heteroatoms. The maximum atomic E-state index is 12.1. The second-order valence-corrected chi connectivity index (χ2v) is 6.51. The Labute approximate surface area is 163 Å². The molecule has 0 atom stereocenters. The first-order valence-corrected chi connectivity index (χ1v) is 8.96. The topological polar surface area (TPSA) is 68.2 Å². The molecule has 0 saturated heterocycles. The summed E-state index contributed by atoms with van der Waals surface area (Å²) in [7, 11) is 0. The van der Waals surface area contributed by atoms with E-state index in [2.05, 4.69) is 15.7 Å². The summed E-state index contributed by atoms with van der Waals surface area (Å²) >= 11 is 5.90. The molecule has 0 spiro atoms. The third-order valence-electron chi connectivity index (χ3n) is 3.81. The summed E-state index contributed by atoms with van der Waals surface area (Å²) in [6.07, 6.45) is 0. The Kier molecular flexibility index (Phi) is 5.98. The van der Waals surface area contributed by atoms with E-state index in [0.29, 0.717) is 29.6 Å². The number of amides is 2. The quantitative estimate of drug-likeness (QED) is 0.621. The Hall–Kier alpha value is -2.99. The molecule has 0 radical (unpaired) electrons. The second kappa shape index (κ2) is 8.60. The van der Waals surface area contributed by atoms with Crippen molar-refractivity contribution in [3.05, 3.63) is 71.0 Å². The fourth-order valence-electron chi connectivity index (χ4n) is 2.67. The molecule has 3 aromatic rings. The van der Waals surface area contributed by atoms with Crippen LogP contribution in [-0.2, 0) is 0 Å². The van der Waals surface area contributed by atoms with Gasteiger partial charge in [-0.2, -0.15) is 5.10 Å². The Morgan fingerprint density at radius 2 is 1.96 bits per heavy atom. The first-order chi connectivity index (χ1) is 13.0. The minimum Gasteiger partial charge on any atom is -0.492 e.